The third kappa shape index (κ3) is 3.87. The van der Waals surface area contributed by atoms with Crippen molar-refractivity contribution in [3.05, 3.63) is 65.9 Å². The number of aromatic nitrogens is 2. The van der Waals surface area contributed by atoms with Gasteiger partial charge >= 0.3 is 0 Å². The van der Waals surface area contributed by atoms with E-state index in [1.807, 2.05) is 6.92 Å². The first-order valence-electron chi connectivity index (χ1n) is 7.72. The highest BCUT2D eigenvalue weighted by atomic mass is 16.5. The number of hydrogen-bond donors (Lipinski definition) is 1. The maximum Gasteiger partial charge on any atom is 0.291 e. The predicted molar refractivity (Wildman–Crippen MR) is 90.1 cm³/mol. The summed E-state index contributed by atoms with van der Waals surface area (Å²) in [5.41, 5.74) is 1.72. The Morgan fingerprint density at radius 1 is 1.44 bits per heavy atom. The molecular formula is C18H16N4O3. The molecule has 0 fully saturated rings. The molecule has 0 spiro atoms. The quantitative estimate of drug-likeness (QED) is 0.746. The molecular weight excluding hydrogens is 320 g/mol. The van der Waals surface area contributed by atoms with Crippen LogP contribution in [0.3, 0.4) is 0 Å². The number of furan rings is 1. The minimum Gasteiger partial charge on any atom is -0.489 e. The van der Waals surface area contributed by atoms with Gasteiger partial charge in [-0.05, 0) is 31.2 Å². The molecule has 0 atom stereocenters. The van der Waals surface area contributed by atoms with E-state index >= 15 is 0 Å². The summed E-state index contributed by atoms with van der Waals surface area (Å²) in [6.45, 7) is 2.84. The van der Waals surface area contributed by atoms with Crippen molar-refractivity contribution >= 4 is 11.6 Å². The van der Waals surface area contributed by atoms with Crippen LogP contribution in [0.15, 0.2) is 53.4 Å². The number of carbonyl (C=O) groups excluding carboxylic acids is 1. The molecule has 3 rings (SSSR count). The number of nitrogens with one attached hydrogen (secondary N) is 1. The van der Waals surface area contributed by atoms with Gasteiger partial charge in [-0.25, -0.2) is 0 Å². The standard InChI is InChI=1S/C18H16N4O3/c1-2-22-11-15(10-20-22)21-18(23)17-14(6-7-24-17)12-25-16-5-3-4-13(8-16)9-19/h3-8,10-11H,2,12H2,1H3,(H,21,23). The van der Waals surface area contributed by atoms with Gasteiger partial charge in [-0.1, -0.05) is 6.07 Å². The lowest BCUT2D eigenvalue weighted by molar-refractivity contribution is 0.0993. The summed E-state index contributed by atoms with van der Waals surface area (Å²) in [5.74, 6) is 0.363. The van der Waals surface area contributed by atoms with Crippen molar-refractivity contribution in [2.45, 2.75) is 20.1 Å². The molecule has 126 valence electrons. The third-order valence-electron chi connectivity index (χ3n) is 3.53. The molecule has 1 N–H and O–H groups in total. The van der Waals surface area contributed by atoms with Crippen LogP contribution in [0.4, 0.5) is 5.69 Å². The zero-order valence-corrected chi connectivity index (χ0v) is 13.6. The van der Waals surface area contributed by atoms with Gasteiger partial charge in [-0.2, -0.15) is 10.4 Å². The summed E-state index contributed by atoms with van der Waals surface area (Å²) in [4.78, 5) is 12.4. The van der Waals surface area contributed by atoms with Gasteiger partial charge in [0.25, 0.3) is 5.91 Å². The molecule has 7 nitrogen and oxygen atoms in total. The van der Waals surface area contributed by atoms with Crippen LogP contribution in [0.2, 0.25) is 0 Å². The Kier molecular flexibility index (Phi) is 4.81. The summed E-state index contributed by atoms with van der Waals surface area (Å²) < 4.78 is 12.7. The fourth-order valence-electron chi connectivity index (χ4n) is 2.25. The molecule has 1 amide bonds. The molecule has 0 aliphatic rings. The fourth-order valence-corrected chi connectivity index (χ4v) is 2.25. The van der Waals surface area contributed by atoms with Crippen molar-refractivity contribution in [2.24, 2.45) is 0 Å². The molecule has 1 aromatic carbocycles. The van der Waals surface area contributed by atoms with E-state index in [9.17, 15) is 4.79 Å². The lowest BCUT2D eigenvalue weighted by Crippen LogP contribution is -2.13. The number of ether oxygens (including phenoxy) is 1. The van der Waals surface area contributed by atoms with Crippen molar-refractivity contribution in [1.82, 2.24) is 9.78 Å². The van der Waals surface area contributed by atoms with E-state index in [2.05, 4.69) is 16.5 Å². The fraction of sp³-hybridized carbons (Fsp3) is 0.167. The molecule has 0 saturated carbocycles. The number of amides is 1. The van der Waals surface area contributed by atoms with Gasteiger partial charge in [0.05, 0.1) is 29.8 Å². The largest absolute Gasteiger partial charge is 0.489 e. The van der Waals surface area contributed by atoms with Gasteiger partial charge in [0.15, 0.2) is 5.76 Å². The molecule has 0 unspecified atom stereocenters. The first-order valence-corrected chi connectivity index (χ1v) is 7.72. The van der Waals surface area contributed by atoms with E-state index in [-0.39, 0.29) is 18.3 Å². The number of aryl methyl sites for hydroxylation is 1. The van der Waals surface area contributed by atoms with E-state index in [1.54, 1.807) is 47.4 Å². The molecule has 25 heavy (non-hydrogen) atoms. The average molecular weight is 336 g/mol. The van der Waals surface area contributed by atoms with E-state index in [0.29, 0.717) is 22.6 Å². The average Bonchev–Trinajstić information content (AvgIpc) is 3.29. The smallest absolute Gasteiger partial charge is 0.291 e. The maximum atomic E-state index is 12.4. The SMILES string of the molecule is CCn1cc(NC(=O)c2occc2COc2cccc(C#N)c2)cn1. The molecule has 0 bridgehead atoms. The van der Waals surface area contributed by atoms with E-state index < -0.39 is 0 Å². The van der Waals surface area contributed by atoms with Gasteiger partial charge < -0.3 is 14.5 Å². The number of benzene rings is 1. The Hall–Kier alpha value is -3.53. The maximum absolute atomic E-state index is 12.4. The summed E-state index contributed by atoms with van der Waals surface area (Å²) >= 11 is 0. The Bertz CT molecular complexity index is 920. The van der Waals surface area contributed by atoms with Gasteiger partial charge in [-0.15, -0.1) is 0 Å². The van der Waals surface area contributed by atoms with Crippen LogP contribution >= 0.6 is 0 Å². The molecule has 2 aromatic heterocycles. The van der Waals surface area contributed by atoms with E-state index in [4.69, 9.17) is 14.4 Å². The summed E-state index contributed by atoms with van der Waals surface area (Å²) in [7, 11) is 0. The lowest BCUT2D eigenvalue weighted by atomic mass is 10.2. The minimum absolute atomic E-state index is 0.155. The van der Waals surface area contributed by atoms with Gasteiger partial charge in [0.1, 0.15) is 12.4 Å². The normalized spacial score (nSPS) is 10.2. The number of rotatable bonds is 6. The molecule has 7 heteroatoms. The van der Waals surface area contributed by atoms with Crippen molar-refractivity contribution in [2.75, 3.05) is 5.32 Å². The highest BCUT2D eigenvalue weighted by Gasteiger charge is 2.17. The third-order valence-corrected chi connectivity index (χ3v) is 3.53. The first kappa shape index (κ1) is 16.3. The second-order valence-corrected chi connectivity index (χ2v) is 5.24. The molecule has 0 aliphatic carbocycles. The van der Waals surface area contributed by atoms with Crippen molar-refractivity contribution < 1.29 is 13.9 Å². The van der Waals surface area contributed by atoms with Gasteiger partial charge in [0, 0.05) is 18.3 Å². The minimum atomic E-state index is -0.370. The number of nitrogens with zero attached hydrogens (tertiary/aromatic N) is 3. The predicted octanol–water partition coefficient (Wildman–Crippen LogP) is 3.20. The van der Waals surface area contributed by atoms with Crippen LogP contribution in [0.5, 0.6) is 5.75 Å². The second kappa shape index (κ2) is 7.36. The van der Waals surface area contributed by atoms with Crippen LogP contribution in [-0.4, -0.2) is 15.7 Å². The zero-order chi connectivity index (χ0) is 17.6. The van der Waals surface area contributed by atoms with Crippen LogP contribution in [0.25, 0.3) is 0 Å². The summed E-state index contributed by atoms with van der Waals surface area (Å²) in [6, 6.07) is 10.6. The van der Waals surface area contributed by atoms with Gasteiger partial charge in [0.2, 0.25) is 0 Å². The zero-order valence-electron chi connectivity index (χ0n) is 13.6. The Labute approximate surface area is 144 Å². The Morgan fingerprint density at radius 3 is 3.08 bits per heavy atom. The monoisotopic (exact) mass is 336 g/mol. The highest BCUT2D eigenvalue weighted by molar-refractivity contribution is 6.03. The number of anilines is 1. The number of carbonyl (C=O) groups is 1. The van der Waals surface area contributed by atoms with Crippen molar-refractivity contribution in [3.63, 3.8) is 0 Å². The second-order valence-electron chi connectivity index (χ2n) is 5.24. The van der Waals surface area contributed by atoms with Gasteiger partial charge in [-0.3, -0.25) is 9.48 Å². The Morgan fingerprint density at radius 2 is 2.32 bits per heavy atom. The highest BCUT2D eigenvalue weighted by Crippen LogP contribution is 2.18. The van der Waals surface area contributed by atoms with E-state index in [0.717, 1.165) is 6.54 Å². The summed E-state index contributed by atoms with van der Waals surface area (Å²) in [6.07, 6.45) is 4.76. The first-order chi connectivity index (χ1) is 12.2. The molecule has 2 heterocycles. The van der Waals surface area contributed by atoms with E-state index in [1.165, 1.54) is 6.26 Å². The summed E-state index contributed by atoms with van der Waals surface area (Å²) in [5, 5.41) is 15.8. The molecule has 0 aliphatic heterocycles. The molecule has 3 aromatic rings. The van der Waals surface area contributed by atoms with Crippen LogP contribution < -0.4 is 10.1 Å². The topological polar surface area (TPSA) is 93.1 Å². The van der Waals surface area contributed by atoms with Crippen LogP contribution in [0.1, 0.15) is 28.6 Å². The van der Waals surface area contributed by atoms with Crippen LogP contribution in [-0.2, 0) is 13.2 Å². The lowest BCUT2D eigenvalue weighted by Gasteiger charge is -2.07. The number of hydrogen-bond acceptors (Lipinski definition) is 5. The molecule has 0 radical (unpaired) electrons. The van der Waals surface area contributed by atoms with Crippen molar-refractivity contribution in [3.8, 4) is 11.8 Å². The number of nitriles is 1. The van der Waals surface area contributed by atoms with Crippen molar-refractivity contribution in [1.29, 1.82) is 5.26 Å². The Balaban J connectivity index is 1.67. The molecule has 0 saturated heterocycles. The van der Waals surface area contributed by atoms with Crippen LogP contribution in [0, 0.1) is 11.3 Å².